The molecule has 2 atom stereocenters. The van der Waals surface area contributed by atoms with Gasteiger partial charge in [-0.15, -0.1) is 0 Å². The van der Waals surface area contributed by atoms with Crippen molar-refractivity contribution in [3.8, 4) is 0 Å². The molecule has 2 rings (SSSR count). The molecule has 1 aliphatic rings. The number of hydrogen-bond donors (Lipinski definition) is 1. The van der Waals surface area contributed by atoms with Gasteiger partial charge in [-0.1, -0.05) is 13.8 Å². The maximum absolute atomic E-state index is 4.34. The van der Waals surface area contributed by atoms with E-state index >= 15 is 0 Å². The quantitative estimate of drug-likeness (QED) is 0.810. The van der Waals surface area contributed by atoms with Crippen LogP contribution >= 0.6 is 0 Å². The van der Waals surface area contributed by atoms with Crippen LogP contribution in [-0.4, -0.2) is 41.1 Å². The third-order valence-electron chi connectivity index (χ3n) is 3.90. The van der Waals surface area contributed by atoms with Crippen LogP contribution < -0.4 is 5.32 Å². The first-order valence-corrected chi connectivity index (χ1v) is 7.12. The summed E-state index contributed by atoms with van der Waals surface area (Å²) in [5, 5.41) is 3.47. The van der Waals surface area contributed by atoms with Crippen molar-refractivity contribution < 1.29 is 0 Å². The topological polar surface area (TPSA) is 33.1 Å². The van der Waals surface area contributed by atoms with Crippen LogP contribution in [0, 0.1) is 5.92 Å². The van der Waals surface area contributed by atoms with Gasteiger partial charge in [-0.05, 0) is 38.9 Å². The molecule has 102 valence electrons. The van der Waals surface area contributed by atoms with Crippen LogP contribution in [0.25, 0.3) is 0 Å². The minimum absolute atomic E-state index is 0.613. The van der Waals surface area contributed by atoms with Gasteiger partial charge in [0.15, 0.2) is 0 Å². The molecule has 2 heterocycles. The summed E-state index contributed by atoms with van der Waals surface area (Å²) in [5.74, 6) is 0.697. The summed E-state index contributed by atoms with van der Waals surface area (Å²) in [6, 6.07) is 0.613. The van der Waals surface area contributed by atoms with Gasteiger partial charge in [0.25, 0.3) is 0 Å². The second-order valence-electron chi connectivity index (χ2n) is 5.56. The van der Waals surface area contributed by atoms with E-state index in [0.717, 1.165) is 13.1 Å². The van der Waals surface area contributed by atoms with Gasteiger partial charge in [-0.2, -0.15) is 0 Å². The van der Waals surface area contributed by atoms with Gasteiger partial charge in [0.05, 0.1) is 12.0 Å². The van der Waals surface area contributed by atoms with Crippen molar-refractivity contribution in [3.63, 3.8) is 0 Å². The lowest BCUT2D eigenvalue weighted by Crippen LogP contribution is -2.38. The third-order valence-corrected chi connectivity index (χ3v) is 3.90. The second kappa shape index (κ2) is 6.34. The number of aromatic nitrogens is 2. The molecule has 1 saturated heterocycles. The number of nitrogens with one attached hydrogen (secondary N) is 1. The van der Waals surface area contributed by atoms with Crippen molar-refractivity contribution in [3.05, 3.63) is 18.2 Å². The van der Waals surface area contributed by atoms with Crippen LogP contribution in [0.3, 0.4) is 0 Å². The Morgan fingerprint density at radius 2 is 2.33 bits per heavy atom. The SMILES string of the molecule is CCCNCc1cncn1C1CCN(C)CC1C. The van der Waals surface area contributed by atoms with E-state index in [1.165, 1.54) is 31.6 Å². The van der Waals surface area contributed by atoms with E-state index in [9.17, 15) is 0 Å². The molecular formula is C14H26N4. The lowest BCUT2D eigenvalue weighted by atomic mass is 9.94. The maximum Gasteiger partial charge on any atom is 0.0951 e. The van der Waals surface area contributed by atoms with Crippen molar-refractivity contribution in [1.29, 1.82) is 0 Å². The molecule has 1 aromatic heterocycles. The Morgan fingerprint density at radius 3 is 3.06 bits per heavy atom. The number of hydrogen-bond acceptors (Lipinski definition) is 3. The zero-order valence-electron chi connectivity index (χ0n) is 11.9. The molecule has 0 aliphatic carbocycles. The van der Waals surface area contributed by atoms with E-state index in [1.807, 2.05) is 12.5 Å². The van der Waals surface area contributed by atoms with Crippen molar-refractivity contribution >= 4 is 0 Å². The van der Waals surface area contributed by atoms with Crippen molar-refractivity contribution in [2.45, 2.75) is 39.3 Å². The minimum atomic E-state index is 0.613. The molecule has 1 N–H and O–H groups in total. The molecule has 0 spiro atoms. The Balaban J connectivity index is 2.01. The van der Waals surface area contributed by atoms with Gasteiger partial charge in [0.1, 0.15) is 0 Å². The van der Waals surface area contributed by atoms with E-state index in [-0.39, 0.29) is 0 Å². The standard InChI is InChI=1S/C14H26N4/c1-4-6-15-8-13-9-16-11-18(13)14-5-7-17(3)10-12(14)2/h9,11-12,14-15H,4-8,10H2,1-3H3. The van der Waals surface area contributed by atoms with E-state index in [4.69, 9.17) is 0 Å². The van der Waals surface area contributed by atoms with Gasteiger partial charge in [-0.3, -0.25) is 0 Å². The van der Waals surface area contributed by atoms with Gasteiger partial charge < -0.3 is 14.8 Å². The first-order chi connectivity index (χ1) is 8.72. The average Bonchev–Trinajstić information content (AvgIpc) is 2.78. The molecule has 18 heavy (non-hydrogen) atoms. The summed E-state index contributed by atoms with van der Waals surface area (Å²) in [6.07, 6.45) is 6.43. The predicted octanol–water partition coefficient (Wildman–Crippen LogP) is 1.90. The number of nitrogens with zero attached hydrogens (tertiary/aromatic N) is 3. The number of imidazole rings is 1. The third kappa shape index (κ3) is 3.12. The molecule has 0 bridgehead atoms. The first kappa shape index (κ1) is 13.6. The molecule has 0 saturated carbocycles. The monoisotopic (exact) mass is 250 g/mol. The summed E-state index contributed by atoms with van der Waals surface area (Å²) in [5.41, 5.74) is 1.32. The fourth-order valence-electron chi connectivity index (χ4n) is 2.92. The fraction of sp³-hybridized carbons (Fsp3) is 0.786. The van der Waals surface area contributed by atoms with E-state index < -0.39 is 0 Å². The summed E-state index contributed by atoms with van der Waals surface area (Å²) in [4.78, 5) is 6.76. The van der Waals surface area contributed by atoms with E-state index in [0.29, 0.717) is 12.0 Å². The lowest BCUT2D eigenvalue weighted by molar-refractivity contribution is 0.156. The normalized spacial score (nSPS) is 25.5. The number of rotatable bonds is 5. The molecule has 1 aromatic rings. The Bertz CT molecular complexity index is 360. The molecule has 0 radical (unpaired) electrons. The molecule has 1 fully saturated rings. The summed E-state index contributed by atoms with van der Waals surface area (Å²) >= 11 is 0. The van der Waals surface area contributed by atoms with Crippen LogP contribution in [-0.2, 0) is 6.54 Å². The first-order valence-electron chi connectivity index (χ1n) is 7.12. The molecule has 4 nitrogen and oxygen atoms in total. The zero-order chi connectivity index (χ0) is 13.0. The number of likely N-dealkylation sites (tertiary alicyclic amines) is 1. The van der Waals surface area contributed by atoms with Gasteiger partial charge in [0.2, 0.25) is 0 Å². The van der Waals surface area contributed by atoms with Crippen molar-refractivity contribution in [2.75, 3.05) is 26.7 Å². The molecular weight excluding hydrogens is 224 g/mol. The van der Waals surface area contributed by atoms with Crippen LogP contribution in [0.2, 0.25) is 0 Å². The number of piperidine rings is 1. The highest BCUT2D eigenvalue weighted by Crippen LogP contribution is 2.28. The van der Waals surface area contributed by atoms with Crippen LogP contribution in [0.5, 0.6) is 0 Å². The van der Waals surface area contributed by atoms with E-state index in [2.05, 4.69) is 40.7 Å². The Hall–Kier alpha value is -0.870. The molecule has 0 amide bonds. The molecule has 4 heteroatoms. The zero-order valence-corrected chi connectivity index (χ0v) is 11.9. The maximum atomic E-state index is 4.34. The highest BCUT2D eigenvalue weighted by Gasteiger charge is 2.26. The summed E-state index contributed by atoms with van der Waals surface area (Å²) in [7, 11) is 2.21. The van der Waals surface area contributed by atoms with Gasteiger partial charge in [-0.25, -0.2) is 4.98 Å². The van der Waals surface area contributed by atoms with Crippen LogP contribution in [0.15, 0.2) is 12.5 Å². The van der Waals surface area contributed by atoms with Crippen molar-refractivity contribution in [1.82, 2.24) is 19.8 Å². The molecule has 0 aromatic carbocycles. The average molecular weight is 250 g/mol. The largest absolute Gasteiger partial charge is 0.330 e. The van der Waals surface area contributed by atoms with Crippen LogP contribution in [0.4, 0.5) is 0 Å². The van der Waals surface area contributed by atoms with Gasteiger partial charge in [0, 0.05) is 25.3 Å². The van der Waals surface area contributed by atoms with Crippen molar-refractivity contribution in [2.24, 2.45) is 5.92 Å². The Kier molecular flexibility index (Phi) is 4.78. The molecule has 1 aliphatic heterocycles. The van der Waals surface area contributed by atoms with E-state index in [1.54, 1.807) is 0 Å². The Labute approximate surface area is 110 Å². The van der Waals surface area contributed by atoms with Gasteiger partial charge >= 0.3 is 0 Å². The Morgan fingerprint density at radius 1 is 1.50 bits per heavy atom. The predicted molar refractivity (Wildman–Crippen MR) is 74.5 cm³/mol. The van der Waals surface area contributed by atoms with Crippen LogP contribution in [0.1, 0.15) is 38.4 Å². The summed E-state index contributed by atoms with van der Waals surface area (Å²) < 4.78 is 2.39. The second-order valence-corrected chi connectivity index (χ2v) is 5.56. The lowest BCUT2D eigenvalue weighted by Gasteiger charge is -2.36. The highest BCUT2D eigenvalue weighted by atomic mass is 15.2. The highest BCUT2D eigenvalue weighted by molar-refractivity contribution is 5.02. The summed E-state index contributed by atoms with van der Waals surface area (Å²) in [6.45, 7) is 8.94. The molecule has 2 unspecified atom stereocenters. The fourth-order valence-corrected chi connectivity index (χ4v) is 2.92. The minimum Gasteiger partial charge on any atom is -0.330 e. The smallest absolute Gasteiger partial charge is 0.0951 e.